The fourth-order valence-electron chi connectivity index (χ4n) is 1.87. The number of nitrogen functional groups attached to an aromatic ring is 2. The van der Waals surface area contributed by atoms with Crippen molar-refractivity contribution in [3.8, 4) is 0 Å². The SMILES string of the molecule is Nc1ccc(NS(=O)(=O)c2ccc(N)c([N+](=O)[O-])c2)cc1C(=O)O. The van der Waals surface area contributed by atoms with Crippen LogP contribution in [0.4, 0.5) is 22.7 Å². The first-order valence-corrected chi connectivity index (χ1v) is 7.79. The van der Waals surface area contributed by atoms with Crippen molar-refractivity contribution in [2.24, 2.45) is 0 Å². The number of hydrogen-bond acceptors (Lipinski definition) is 7. The molecule has 0 atom stereocenters. The number of hydrogen-bond donors (Lipinski definition) is 4. The van der Waals surface area contributed by atoms with E-state index in [9.17, 15) is 23.3 Å². The van der Waals surface area contributed by atoms with Gasteiger partial charge in [-0.05, 0) is 30.3 Å². The monoisotopic (exact) mass is 352 g/mol. The molecule has 0 heterocycles. The zero-order valence-corrected chi connectivity index (χ0v) is 12.8. The van der Waals surface area contributed by atoms with E-state index in [2.05, 4.69) is 4.72 Å². The lowest BCUT2D eigenvalue weighted by molar-refractivity contribution is -0.384. The Morgan fingerprint density at radius 2 is 1.75 bits per heavy atom. The second-order valence-corrected chi connectivity index (χ2v) is 6.37. The number of nitro groups is 1. The van der Waals surface area contributed by atoms with Gasteiger partial charge in [0, 0.05) is 17.4 Å². The van der Waals surface area contributed by atoms with Crippen molar-refractivity contribution < 1.29 is 23.2 Å². The molecule has 0 aliphatic carbocycles. The molecule has 0 unspecified atom stereocenters. The van der Waals surface area contributed by atoms with E-state index in [-0.39, 0.29) is 22.6 Å². The number of carbonyl (C=O) groups is 1. The zero-order valence-electron chi connectivity index (χ0n) is 12.0. The minimum Gasteiger partial charge on any atom is -0.478 e. The summed E-state index contributed by atoms with van der Waals surface area (Å²) in [6.45, 7) is 0. The Bertz CT molecular complexity index is 941. The maximum Gasteiger partial charge on any atom is 0.337 e. The summed E-state index contributed by atoms with van der Waals surface area (Å²) in [6, 6.07) is 6.55. The smallest absolute Gasteiger partial charge is 0.337 e. The van der Waals surface area contributed by atoms with Gasteiger partial charge in [0.05, 0.1) is 15.4 Å². The van der Waals surface area contributed by atoms with Gasteiger partial charge < -0.3 is 16.6 Å². The highest BCUT2D eigenvalue weighted by molar-refractivity contribution is 7.92. The van der Waals surface area contributed by atoms with E-state index in [4.69, 9.17) is 16.6 Å². The van der Waals surface area contributed by atoms with Gasteiger partial charge in [0.2, 0.25) is 0 Å². The lowest BCUT2D eigenvalue weighted by Crippen LogP contribution is -2.14. The minimum atomic E-state index is -4.19. The van der Waals surface area contributed by atoms with Crippen molar-refractivity contribution >= 4 is 38.7 Å². The predicted octanol–water partition coefficient (Wildman–Crippen LogP) is 1.26. The lowest BCUT2D eigenvalue weighted by atomic mass is 10.1. The molecule has 0 bridgehead atoms. The van der Waals surface area contributed by atoms with Crippen molar-refractivity contribution in [3.63, 3.8) is 0 Å². The molecule has 11 heteroatoms. The van der Waals surface area contributed by atoms with Gasteiger partial charge >= 0.3 is 5.97 Å². The predicted molar refractivity (Wildman–Crippen MR) is 86.1 cm³/mol. The fraction of sp³-hybridized carbons (Fsp3) is 0. The average molecular weight is 352 g/mol. The highest BCUT2D eigenvalue weighted by Gasteiger charge is 2.21. The minimum absolute atomic E-state index is 0.0337. The number of carboxylic acids is 1. The van der Waals surface area contributed by atoms with Gasteiger partial charge in [-0.15, -0.1) is 0 Å². The average Bonchev–Trinajstić information content (AvgIpc) is 2.48. The molecule has 2 aromatic rings. The third-order valence-corrected chi connectivity index (χ3v) is 4.42. The largest absolute Gasteiger partial charge is 0.478 e. The van der Waals surface area contributed by atoms with Gasteiger partial charge in [0.1, 0.15) is 5.69 Å². The van der Waals surface area contributed by atoms with Crippen molar-refractivity contribution in [2.75, 3.05) is 16.2 Å². The van der Waals surface area contributed by atoms with E-state index < -0.39 is 31.5 Å². The topological polar surface area (TPSA) is 179 Å². The molecular weight excluding hydrogens is 340 g/mol. The van der Waals surface area contributed by atoms with E-state index in [0.29, 0.717) is 0 Å². The number of rotatable bonds is 5. The molecule has 0 spiro atoms. The third kappa shape index (κ3) is 3.35. The van der Waals surface area contributed by atoms with Crippen LogP contribution in [0, 0.1) is 10.1 Å². The highest BCUT2D eigenvalue weighted by Crippen LogP contribution is 2.27. The normalized spacial score (nSPS) is 11.0. The second kappa shape index (κ2) is 6.04. The van der Waals surface area contributed by atoms with E-state index in [0.717, 1.165) is 24.3 Å². The van der Waals surface area contributed by atoms with Crippen LogP contribution in [0.2, 0.25) is 0 Å². The second-order valence-electron chi connectivity index (χ2n) is 4.69. The Kier molecular flexibility index (Phi) is 4.28. The Hall–Kier alpha value is -3.34. The summed E-state index contributed by atoms with van der Waals surface area (Å²) in [5.41, 5.74) is 9.81. The van der Waals surface area contributed by atoms with Crippen LogP contribution >= 0.6 is 0 Å². The van der Waals surface area contributed by atoms with Crippen LogP contribution < -0.4 is 16.2 Å². The fourth-order valence-corrected chi connectivity index (χ4v) is 2.94. The standard InChI is InChI=1S/C13H12N4O6S/c14-10-3-1-7(5-9(10)13(18)19)16-24(22,23)8-2-4-11(15)12(6-8)17(20)21/h1-6,16H,14-15H2,(H,18,19). The Labute approximate surface area is 135 Å². The number of nitrogens with two attached hydrogens (primary N) is 2. The van der Waals surface area contributed by atoms with Gasteiger partial charge in [-0.25, -0.2) is 13.2 Å². The number of nitrogens with one attached hydrogen (secondary N) is 1. The molecule has 6 N–H and O–H groups in total. The van der Waals surface area contributed by atoms with Crippen molar-refractivity contribution in [3.05, 3.63) is 52.1 Å². The Morgan fingerprint density at radius 1 is 1.12 bits per heavy atom. The van der Waals surface area contributed by atoms with Crippen LogP contribution in [0.15, 0.2) is 41.3 Å². The summed E-state index contributed by atoms with van der Waals surface area (Å²) in [7, 11) is -4.19. The molecule has 0 aliphatic rings. The van der Waals surface area contributed by atoms with Crippen molar-refractivity contribution in [2.45, 2.75) is 4.90 Å². The maximum absolute atomic E-state index is 12.3. The highest BCUT2D eigenvalue weighted by atomic mass is 32.2. The Morgan fingerprint density at radius 3 is 2.33 bits per heavy atom. The molecule has 0 aliphatic heterocycles. The summed E-state index contributed by atoms with van der Waals surface area (Å²) in [4.78, 5) is 20.7. The van der Waals surface area contributed by atoms with Crippen LogP contribution in [0.3, 0.4) is 0 Å². The van der Waals surface area contributed by atoms with Gasteiger partial charge in [-0.3, -0.25) is 14.8 Å². The molecule has 126 valence electrons. The molecule has 0 saturated carbocycles. The molecule has 0 aromatic heterocycles. The first kappa shape index (κ1) is 17.0. The third-order valence-electron chi connectivity index (χ3n) is 3.04. The summed E-state index contributed by atoms with van der Waals surface area (Å²) >= 11 is 0. The first-order chi connectivity index (χ1) is 11.1. The lowest BCUT2D eigenvalue weighted by Gasteiger charge is -2.10. The number of sulfonamides is 1. The number of aromatic carboxylic acids is 1. The summed E-state index contributed by atoms with van der Waals surface area (Å²) in [6.07, 6.45) is 0. The van der Waals surface area contributed by atoms with Crippen LogP contribution in [-0.2, 0) is 10.0 Å². The molecule has 10 nitrogen and oxygen atoms in total. The number of benzene rings is 2. The van der Waals surface area contributed by atoms with E-state index in [1.165, 1.54) is 12.1 Å². The number of carboxylic acid groups (broad SMARTS) is 1. The molecule has 24 heavy (non-hydrogen) atoms. The number of nitro benzene ring substituents is 1. The Balaban J connectivity index is 2.42. The van der Waals surface area contributed by atoms with Gasteiger partial charge in [-0.2, -0.15) is 0 Å². The molecule has 0 amide bonds. The molecule has 2 rings (SSSR count). The summed E-state index contributed by atoms with van der Waals surface area (Å²) in [5.74, 6) is -1.32. The van der Waals surface area contributed by atoms with E-state index >= 15 is 0 Å². The van der Waals surface area contributed by atoms with Crippen LogP contribution in [0.25, 0.3) is 0 Å². The van der Waals surface area contributed by atoms with Crippen LogP contribution in [0.5, 0.6) is 0 Å². The van der Waals surface area contributed by atoms with E-state index in [1.807, 2.05) is 0 Å². The van der Waals surface area contributed by atoms with Gasteiger partial charge in [0.15, 0.2) is 0 Å². The molecule has 0 saturated heterocycles. The van der Waals surface area contributed by atoms with Gasteiger partial charge in [0.25, 0.3) is 15.7 Å². The van der Waals surface area contributed by atoms with Crippen molar-refractivity contribution in [1.82, 2.24) is 0 Å². The van der Waals surface area contributed by atoms with Crippen LogP contribution in [-0.4, -0.2) is 24.4 Å². The van der Waals surface area contributed by atoms with Gasteiger partial charge in [-0.1, -0.05) is 0 Å². The molecule has 2 aromatic carbocycles. The quantitative estimate of drug-likeness (QED) is 0.352. The molecule has 0 fully saturated rings. The number of anilines is 3. The number of nitrogens with zero attached hydrogens (tertiary/aromatic N) is 1. The van der Waals surface area contributed by atoms with Crippen molar-refractivity contribution in [1.29, 1.82) is 0 Å². The maximum atomic E-state index is 12.3. The summed E-state index contributed by atoms with van der Waals surface area (Å²) in [5, 5.41) is 19.8. The van der Waals surface area contributed by atoms with Crippen LogP contribution in [0.1, 0.15) is 10.4 Å². The first-order valence-electron chi connectivity index (χ1n) is 6.31. The summed E-state index contributed by atoms with van der Waals surface area (Å²) < 4.78 is 26.7. The molecule has 0 radical (unpaired) electrons. The van der Waals surface area contributed by atoms with E-state index in [1.54, 1.807) is 0 Å². The zero-order chi connectivity index (χ0) is 18.1. The molecular formula is C13H12N4O6S.